The van der Waals surface area contributed by atoms with Gasteiger partial charge in [0.25, 0.3) is 0 Å². The molecule has 3 heteroatoms. The average Bonchev–Trinajstić information content (AvgIpc) is 1.35. The van der Waals surface area contributed by atoms with Crippen LogP contribution in [0.15, 0.2) is 0 Å². The van der Waals surface area contributed by atoms with E-state index in [1.54, 1.807) is 0 Å². The van der Waals surface area contributed by atoms with Crippen molar-refractivity contribution in [3.05, 3.63) is 0 Å². The Bertz CT molecular complexity index is 63.7. The van der Waals surface area contributed by atoms with Crippen molar-refractivity contribution in [2.45, 2.75) is 0 Å². The molecule has 0 saturated carbocycles. The van der Waals surface area contributed by atoms with Gasteiger partial charge in [0.2, 0.25) is 0 Å². The molecular formula is C3H5NO2. The normalized spacial score (nSPS) is 8.33. The molecule has 0 rings (SSSR count). The second kappa shape index (κ2) is 2.67. The molecule has 0 aromatic carbocycles. The Hall–Kier alpha value is -0.560. The molecule has 0 aromatic heterocycles. The molecule has 0 atom stereocenters. The molecule has 3 nitrogen and oxygen atoms in total. The van der Waals surface area contributed by atoms with E-state index in [0.717, 1.165) is 0 Å². The number of hydroxylamine groups is 2. The maximum Gasteiger partial charge on any atom is 0.112 e. The van der Waals surface area contributed by atoms with Crippen LogP contribution in [0.4, 0.5) is 0 Å². The average molecular weight is 87.1 g/mol. The highest BCUT2D eigenvalue weighted by Crippen LogP contribution is 1.62. The van der Waals surface area contributed by atoms with Gasteiger partial charge in [-0.2, -0.15) is 0 Å². The highest BCUT2D eigenvalue weighted by molar-refractivity contribution is 4.84. The Balaban J connectivity index is 2.88. The molecule has 0 saturated heterocycles. The SMILES string of the molecule is C#CCN(O)O. The Morgan fingerprint density at radius 3 is 2.17 bits per heavy atom. The summed E-state index contributed by atoms with van der Waals surface area (Å²) in [5, 5.41) is 15.5. The van der Waals surface area contributed by atoms with E-state index in [-0.39, 0.29) is 11.8 Å². The van der Waals surface area contributed by atoms with Crippen LogP contribution in [0.5, 0.6) is 0 Å². The van der Waals surface area contributed by atoms with E-state index in [2.05, 4.69) is 6.42 Å². The highest BCUT2D eigenvalue weighted by atomic mass is 16.8. The smallest absolute Gasteiger partial charge is 0.112 e. The van der Waals surface area contributed by atoms with Gasteiger partial charge in [-0.1, -0.05) is 11.1 Å². The summed E-state index contributed by atoms with van der Waals surface area (Å²) in [4.78, 5) is 0. The summed E-state index contributed by atoms with van der Waals surface area (Å²) in [5.41, 5.74) is 0. The first-order valence-corrected chi connectivity index (χ1v) is 1.36. The van der Waals surface area contributed by atoms with Gasteiger partial charge in [0.1, 0.15) is 6.54 Å². The molecule has 0 fully saturated rings. The lowest BCUT2D eigenvalue weighted by atomic mass is 10.7. The summed E-state index contributed by atoms with van der Waals surface area (Å²) in [6, 6.07) is 0. The first-order valence-electron chi connectivity index (χ1n) is 1.36. The zero-order valence-electron chi connectivity index (χ0n) is 3.13. The minimum Gasteiger partial charge on any atom is -0.289 e. The largest absolute Gasteiger partial charge is 0.289 e. The maximum atomic E-state index is 7.80. The zero-order valence-corrected chi connectivity index (χ0v) is 3.13. The van der Waals surface area contributed by atoms with Gasteiger partial charge in [-0.05, 0) is 0 Å². The van der Waals surface area contributed by atoms with Crippen LogP contribution in [0.2, 0.25) is 0 Å². The quantitative estimate of drug-likeness (QED) is 0.341. The van der Waals surface area contributed by atoms with Crippen LogP contribution in [0.3, 0.4) is 0 Å². The van der Waals surface area contributed by atoms with Crippen molar-refractivity contribution in [1.29, 1.82) is 0 Å². The zero-order chi connectivity index (χ0) is 4.99. The Labute approximate surface area is 35.7 Å². The van der Waals surface area contributed by atoms with Crippen molar-refractivity contribution >= 4 is 0 Å². The summed E-state index contributed by atoms with van der Waals surface area (Å²) < 4.78 is 0. The van der Waals surface area contributed by atoms with E-state index in [0.29, 0.717) is 0 Å². The number of rotatable bonds is 1. The standard InChI is InChI=1S/C3H5NO2/c1-2-3-4(5)6/h1,5-6H,3H2. The summed E-state index contributed by atoms with van der Waals surface area (Å²) in [5.74, 6) is 1.99. The van der Waals surface area contributed by atoms with Crippen LogP contribution >= 0.6 is 0 Å². The molecule has 34 valence electrons. The molecule has 0 heterocycles. The lowest BCUT2D eigenvalue weighted by Gasteiger charge is -1.95. The minimum atomic E-state index is -0.153. The highest BCUT2D eigenvalue weighted by Gasteiger charge is 1.80. The molecule has 0 radical (unpaired) electrons. The fraction of sp³-hybridized carbons (Fsp3) is 0.333. The van der Waals surface area contributed by atoms with Crippen LogP contribution in [0.1, 0.15) is 0 Å². The number of hydrogen-bond acceptors (Lipinski definition) is 3. The number of terminal acetylenes is 1. The molecule has 0 amide bonds. The topological polar surface area (TPSA) is 43.7 Å². The van der Waals surface area contributed by atoms with Gasteiger partial charge in [-0.25, -0.2) is 0 Å². The third-order valence-electron chi connectivity index (χ3n) is 0.233. The second-order valence-corrected chi connectivity index (χ2v) is 0.735. The van der Waals surface area contributed by atoms with Gasteiger partial charge in [0.05, 0.1) is 0 Å². The summed E-state index contributed by atoms with van der Waals surface area (Å²) >= 11 is 0. The summed E-state index contributed by atoms with van der Waals surface area (Å²) in [6.07, 6.45) is 4.62. The fourth-order valence-corrected chi connectivity index (χ4v) is 0.0816. The van der Waals surface area contributed by atoms with Crippen LogP contribution < -0.4 is 0 Å². The Morgan fingerprint density at radius 2 is 2.17 bits per heavy atom. The predicted octanol–water partition coefficient (Wildman–Crippen LogP) is -0.300. The minimum absolute atomic E-state index is 0.0556. The van der Waals surface area contributed by atoms with Crippen LogP contribution in [0, 0.1) is 12.3 Å². The van der Waals surface area contributed by atoms with Crippen LogP contribution in [-0.2, 0) is 0 Å². The van der Waals surface area contributed by atoms with E-state index in [9.17, 15) is 0 Å². The molecule has 0 aromatic rings. The van der Waals surface area contributed by atoms with Crippen molar-refractivity contribution in [2.75, 3.05) is 6.54 Å². The van der Waals surface area contributed by atoms with E-state index in [4.69, 9.17) is 10.4 Å². The van der Waals surface area contributed by atoms with Gasteiger partial charge in [-0.3, -0.25) is 10.4 Å². The Kier molecular flexibility index (Phi) is 2.42. The van der Waals surface area contributed by atoms with Gasteiger partial charge in [-0.15, -0.1) is 6.42 Å². The summed E-state index contributed by atoms with van der Waals surface area (Å²) in [7, 11) is 0. The first-order chi connectivity index (χ1) is 2.77. The van der Waals surface area contributed by atoms with Crippen molar-refractivity contribution in [3.63, 3.8) is 0 Å². The van der Waals surface area contributed by atoms with Crippen molar-refractivity contribution in [2.24, 2.45) is 0 Å². The molecule has 2 N–H and O–H groups in total. The van der Waals surface area contributed by atoms with E-state index >= 15 is 0 Å². The third-order valence-corrected chi connectivity index (χ3v) is 0.233. The van der Waals surface area contributed by atoms with Crippen LogP contribution in [-0.4, -0.2) is 22.2 Å². The maximum absolute atomic E-state index is 7.80. The monoisotopic (exact) mass is 87.0 g/mol. The van der Waals surface area contributed by atoms with Crippen LogP contribution in [0.25, 0.3) is 0 Å². The van der Waals surface area contributed by atoms with E-state index in [1.165, 1.54) is 0 Å². The van der Waals surface area contributed by atoms with Crippen molar-refractivity contribution < 1.29 is 10.4 Å². The second-order valence-electron chi connectivity index (χ2n) is 0.735. The molecule has 0 spiro atoms. The van der Waals surface area contributed by atoms with Crippen molar-refractivity contribution in [3.8, 4) is 12.3 Å². The number of nitrogens with zero attached hydrogens (tertiary/aromatic N) is 1. The van der Waals surface area contributed by atoms with Gasteiger partial charge < -0.3 is 0 Å². The summed E-state index contributed by atoms with van der Waals surface area (Å²) in [6.45, 7) is -0.153. The van der Waals surface area contributed by atoms with E-state index < -0.39 is 0 Å². The van der Waals surface area contributed by atoms with E-state index in [1.807, 2.05) is 5.92 Å². The fourth-order valence-electron chi connectivity index (χ4n) is 0.0816. The third kappa shape index (κ3) is 3.44. The Morgan fingerprint density at radius 1 is 1.67 bits per heavy atom. The molecule has 0 aliphatic heterocycles. The van der Waals surface area contributed by atoms with Gasteiger partial charge in [0.15, 0.2) is 0 Å². The molecule has 6 heavy (non-hydrogen) atoms. The first kappa shape index (κ1) is 5.44. The predicted molar refractivity (Wildman–Crippen MR) is 19.1 cm³/mol. The molecular weight excluding hydrogens is 82.0 g/mol. The molecule has 0 unspecified atom stereocenters. The lowest BCUT2D eigenvalue weighted by molar-refractivity contribution is -0.298. The number of hydrogen-bond donors (Lipinski definition) is 2. The van der Waals surface area contributed by atoms with Gasteiger partial charge >= 0.3 is 0 Å². The molecule has 0 bridgehead atoms. The molecule has 0 aliphatic carbocycles. The molecule has 0 aliphatic rings. The lowest BCUT2D eigenvalue weighted by Crippen LogP contribution is -2.12. The van der Waals surface area contributed by atoms with Crippen molar-refractivity contribution in [1.82, 2.24) is 5.23 Å². The van der Waals surface area contributed by atoms with Gasteiger partial charge in [0, 0.05) is 0 Å².